The Morgan fingerprint density at radius 3 is 2.60 bits per heavy atom. The normalized spacial score (nSPS) is 11.9. The molecule has 1 amide bonds. The molecule has 1 unspecified atom stereocenters. The van der Waals surface area contributed by atoms with Crippen LogP contribution in [0.5, 0.6) is 0 Å². The van der Waals surface area contributed by atoms with Crippen molar-refractivity contribution in [3.05, 3.63) is 76.3 Å². The van der Waals surface area contributed by atoms with Crippen molar-refractivity contribution in [2.24, 2.45) is 0 Å². The monoisotopic (exact) mass is 372 g/mol. The molecule has 25 heavy (non-hydrogen) atoms. The van der Waals surface area contributed by atoms with Crippen LogP contribution in [0.2, 0.25) is 5.02 Å². The lowest BCUT2D eigenvalue weighted by Crippen LogP contribution is -2.29. The Balaban J connectivity index is 1.64. The van der Waals surface area contributed by atoms with Gasteiger partial charge in [-0.15, -0.1) is 11.3 Å². The van der Waals surface area contributed by atoms with Crippen LogP contribution in [0.1, 0.15) is 22.2 Å². The summed E-state index contributed by atoms with van der Waals surface area (Å²) in [5.74, 6) is -0.213. The average Bonchev–Trinajstić information content (AvgIpc) is 3.14. The Morgan fingerprint density at radius 2 is 1.92 bits per heavy atom. The number of rotatable bonds is 6. The zero-order valence-corrected chi connectivity index (χ0v) is 15.2. The summed E-state index contributed by atoms with van der Waals surface area (Å²) >= 11 is 7.35. The van der Waals surface area contributed by atoms with Crippen LogP contribution in [0.15, 0.2) is 60.0 Å². The fraction of sp³-hybridized carbons (Fsp3) is 0.158. The van der Waals surface area contributed by atoms with Crippen molar-refractivity contribution in [1.29, 1.82) is 0 Å². The smallest absolute Gasteiger partial charge is 0.270 e. The molecule has 3 aromatic rings. The van der Waals surface area contributed by atoms with Gasteiger partial charge in [0.1, 0.15) is 10.7 Å². The van der Waals surface area contributed by atoms with Crippen molar-refractivity contribution < 1.29 is 9.53 Å². The molecular weight excluding hydrogens is 356 g/mol. The number of hydrogen-bond acceptors (Lipinski definition) is 4. The first kappa shape index (κ1) is 17.6. The van der Waals surface area contributed by atoms with Gasteiger partial charge in [-0.05, 0) is 17.7 Å². The lowest BCUT2D eigenvalue weighted by atomic mass is 10.1. The predicted molar refractivity (Wildman–Crippen MR) is 101 cm³/mol. The summed E-state index contributed by atoms with van der Waals surface area (Å²) in [6.45, 7) is 0.356. The number of nitrogens with zero attached hydrogens (tertiary/aromatic N) is 1. The molecule has 0 radical (unpaired) electrons. The number of benzene rings is 2. The standard InChI is InChI=1S/C19H17ClN2O2S/c1-24-17(13-7-9-15(20)10-8-13)11-21-18(23)16-12-25-19(22-16)14-5-3-2-4-6-14/h2-10,12,17H,11H2,1H3,(H,21,23). The second kappa shape index (κ2) is 8.25. The van der Waals surface area contributed by atoms with Crippen molar-refractivity contribution in [2.45, 2.75) is 6.10 Å². The highest BCUT2D eigenvalue weighted by atomic mass is 35.5. The second-order valence-electron chi connectivity index (χ2n) is 5.39. The third-order valence-electron chi connectivity index (χ3n) is 3.73. The molecule has 1 aromatic heterocycles. The third-order valence-corrected chi connectivity index (χ3v) is 4.88. The summed E-state index contributed by atoms with van der Waals surface area (Å²) in [6.07, 6.45) is -0.242. The quantitative estimate of drug-likeness (QED) is 0.689. The maximum absolute atomic E-state index is 12.4. The second-order valence-corrected chi connectivity index (χ2v) is 6.68. The van der Waals surface area contributed by atoms with Gasteiger partial charge < -0.3 is 10.1 Å². The van der Waals surface area contributed by atoms with Gasteiger partial charge in [-0.25, -0.2) is 4.98 Å². The van der Waals surface area contributed by atoms with Crippen molar-refractivity contribution in [2.75, 3.05) is 13.7 Å². The molecule has 0 spiro atoms. The van der Waals surface area contributed by atoms with E-state index in [-0.39, 0.29) is 12.0 Å². The van der Waals surface area contributed by atoms with Crippen molar-refractivity contribution in [1.82, 2.24) is 10.3 Å². The van der Waals surface area contributed by atoms with E-state index >= 15 is 0 Å². The fourth-order valence-electron chi connectivity index (χ4n) is 2.38. The van der Waals surface area contributed by atoms with Gasteiger partial charge in [-0.3, -0.25) is 4.79 Å². The zero-order chi connectivity index (χ0) is 17.6. The van der Waals surface area contributed by atoms with E-state index in [9.17, 15) is 4.79 Å². The van der Waals surface area contributed by atoms with Gasteiger partial charge in [0.25, 0.3) is 5.91 Å². The predicted octanol–water partition coefficient (Wildman–Crippen LogP) is 4.58. The zero-order valence-electron chi connectivity index (χ0n) is 13.6. The topological polar surface area (TPSA) is 51.2 Å². The summed E-state index contributed by atoms with van der Waals surface area (Å²) in [4.78, 5) is 16.8. The molecular formula is C19H17ClN2O2S. The maximum Gasteiger partial charge on any atom is 0.270 e. The van der Waals surface area contributed by atoms with Gasteiger partial charge in [-0.2, -0.15) is 0 Å². The van der Waals surface area contributed by atoms with Crippen LogP contribution in [0.4, 0.5) is 0 Å². The minimum absolute atomic E-state index is 0.213. The molecule has 0 bridgehead atoms. The highest BCUT2D eigenvalue weighted by Crippen LogP contribution is 2.23. The molecule has 0 fully saturated rings. The summed E-state index contributed by atoms with van der Waals surface area (Å²) in [5.41, 5.74) is 2.37. The largest absolute Gasteiger partial charge is 0.375 e. The number of hydrogen-bond donors (Lipinski definition) is 1. The Labute approximate surface area is 155 Å². The van der Waals surface area contributed by atoms with Gasteiger partial charge in [0.15, 0.2) is 0 Å². The molecule has 1 heterocycles. The first-order chi connectivity index (χ1) is 12.2. The highest BCUT2D eigenvalue weighted by molar-refractivity contribution is 7.13. The number of halogens is 1. The van der Waals surface area contributed by atoms with Crippen molar-refractivity contribution >= 4 is 28.8 Å². The van der Waals surface area contributed by atoms with Crippen LogP contribution in [-0.2, 0) is 4.74 Å². The van der Waals surface area contributed by atoms with Crippen LogP contribution in [0.25, 0.3) is 10.6 Å². The summed E-state index contributed by atoms with van der Waals surface area (Å²) in [5, 5.41) is 6.13. The Bertz CT molecular complexity index is 834. The number of ether oxygens (including phenoxy) is 1. The number of methoxy groups -OCH3 is 1. The third kappa shape index (κ3) is 4.45. The molecule has 0 aliphatic heterocycles. The lowest BCUT2D eigenvalue weighted by molar-refractivity contribution is 0.0825. The van der Waals surface area contributed by atoms with Gasteiger partial charge >= 0.3 is 0 Å². The van der Waals surface area contributed by atoms with Gasteiger partial charge in [-0.1, -0.05) is 54.1 Å². The van der Waals surface area contributed by atoms with Crippen LogP contribution >= 0.6 is 22.9 Å². The van der Waals surface area contributed by atoms with Crippen molar-refractivity contribution in [3.63, 3.8) is 0 Å². The molecule has 0 saturated heterocycles. The fourth-order valence-corrected chi connectivity index (χ4v) is 3.31. The molecule has 1 N–H and O–H groups in total. The minimum Gasteiger partial charge on any atom is -0.375 e. The molecule has 0 saturated carbocycles. The first-order valence-corrected chi connectivity index (χ1v) is 9.00. The van der Waals surface area contributed by atoms with Crippen LogP contribution in [0, 0.1) is 0 Å². The van der Waals surface area contributed by atoms with Gasteiger partial charge in [0, 0.05) is 29.6 Å². The SMILES string of the molecule is COC(CNC(=O)c1csc(-c2ccccc2)n1)c1ccc(Cl)cc1. The molecule has 1 atom stereocenters. The van der Waals surface area contributed by atoms with E-state index in [1.54, 1.807) is 24.6 Å². The molecule has 0 aliphatic carbocycles. The number of amides is 1. The number of carbonyl (C=O) groups excluding carboxylic acids is 1. The molecule has 2 aromatic carbocycles. The average molecular weight is 373 g/mol. The minimum atomic E-state index is -0.242. The summed E-state index contributed by atoms with van der Waals surface area (Å²) in [6, 6.07) is 17.2. The van der Waals surface area contributed by atoms with Crippen LogP contribution < -0.4 is 5.32 Å². The highest BCUT2D eigenvalue weighted by Gasteiger charge is 2.15. The number of aromatic nitrogens is 1. The van der Waals surface area contributed by atoms with E-state index in [2.05, 4.69) is 10.3 Å². The lowest BCUT2D eigenvalue weighted by Gasteiger charge is -2.16. The van der Waals surface area contributed by atoms with E-state index in [1.807, 2.05) is 42.5 Å². The molecule has 4 nitrogen and oxygen atoms in total. The van der Waals surface area contributed by atoms with E-state index in [0.29, 0.717) is 17.3 Å². The van der Waals surface area contributed by atoms with Crippen LogP contribution in [0.3, 0.4) is 0 Å². The number of carbonyl (C=O) groups is 1. The van der Waals surface area contributed by atoms with Gasteiger partial charge in [0.2, 0.25) is 0 Å². The van der Waals surface area contributed by atoms with Gasteiger partial charge in [0.05, 0.1) is 6.10 Å². The van der Waals surface area contributed by atoms with E-state index in [1.165, 1.54) is 11.3 Å². The molecule has 6 heteroatoms. The van der Waals surface area contributed by atoms with E-state index in [0.717, 1.165) is 16.1 Å². The Morgan fingerprint density at radius 1 is 1.20 bits per heavy atom. The van der Waals surface area contributed by atoms with Crippen molar-refractivity contribution in [3.8, 4) is 10.6 Å². The Kier molecular flexibility index (Phi) is 5.81. The number of thiazole rings is 1. The maximum atomic E-state index is 12.4. The summed E-state index contributed by atoms with van der Waals surface area (Å²) < 4.78 is 5.46. The Hall–Kier alpha value is -2.21. The number of nitrogens with one attached hydrogen (secondary N) is 1. The molecule has 3 rings (SSSR count). The van der Waals surface area contributed by atoms with Crippen LogP contribution in [-0.4, -0.2) is 24.5 Å². The first-order valence-electron chi connectivity index (χ1n) is 7.75. The molecule has 128 valence electrons. The molecule has 0 aliphatic rings. The van der Waals surface area contributed by atoms with E-state index < -0.39 is 0 Å². The van der Waals surface area contributed by atoms with E-state index in [4.69, 9.17) is 16.3 Å². The summed E-state index contributed by atoms with van der Waals surface area (Å²) in [7, 11) is 1.61.